The topological polar surface area (TPSA) is 102 Å². The van der Waals surface area contributed by atoms with E-state index in [2.05, 4.69) is 20.3 Å². The number of hydrogen-bond donors (Lipinski definition) is 2. The fourth-order valence-corrected chi connectivity index (χ4v) is 3.09. The maximum Gasteiger partial charge on any atom is 0.335 e. The molecule has 31 heavy (non-hydrogen) atoms. The number of aryl methyl sites for hydroxylation is 1. The van der Waals surface area contributed by atoms with E-state index in [1.54, 1.807) is 22.8 Å². The van der Waals surface area contributed by atoms with E-state index in [4.69, 9.17) is 21.4 Å². The summed E-state index contributed by atoms with van der Waals surface area (Å²) in [5, 5.41) is 12.5. The SMILES string of the molecule is CCn1c(Nc2ccccc2Cl)nc2cnc(Oc3c(F)cc(C(=O)O)cc3F)nc21. The van der Waals surface area contributed by atoms with Crippen LogP contribution in [-0.4, -0.2) is 30.6 Å². The first-order valence-electron chi connectivity index (χ1n) is 9.02. The van der Waals surface area contributed by atoms with Crippen LogP contribution in [0.15, 0.2) is 42.6 Å². The summed E-state index contributed by atoms with van der Waals surface area (Å²) >= 11 is 6.19. The number of carbonyl (C=O) groups is 1. The lowest BCUT2D eigenvalue weighted by Crippen LogP contribution is -2.04. The van der Waals surface area contributed by atoms with E-state index in [1.807, 2.05) is 13.0 Å². The van der Waals surface area contributed by atoms with Gasteiger partial charge in [-0.2, -0.15) is 4.98 Å². The largest absolute Gasteiger partial charge is 0.478 e. The molecule has 2 heterocycles. The van der Waals surface area contributed by atoms with Gasteiger partial charge in [0.15, 0.2) is 17.3 Å². The molecule has 2 N–H and O–H groups in total. The Balaban J connectivity index is 1.70. The van der Waals surface area contributed by atoms with Crippen LogP contribution in [-0.2, 0) is 6.54 Å². The molecule has 2 aromatic carbocycles. The number of carboxylic acid groups (broad SMARTS) is 1. The summed E-state index contributed by atoms with van der Waals surface area (Å²) in [4.78, 5) is 23.5. The van der Waals surface area contributed by atoms with Crippen LogP contribution < -0.4 is 10.1 Å². The molecule has 8 nitrogen and oxygen atoms in total. The molecule has 0 amide bonds. The van der Waals surface area contributed by atoms with Gasteiger partial charge in [-0.05, 0) is 31.2 Å². The molecule has 0 bridgehead atoms. The predicted molar refractivity (Wildman–Crippen MR) is 109 cm³/mol. The average molecular weight is 446 g/mol. The van der Waals surface area contributed by atoms with Gasteiger partial charge in [0.25, 0.3) is 0 Å². The predicted octanol–water partition coefficient (Wildman–Crippen LogP) is 5.01. The van der Waals surface area contributed by atoms with Crippen molar-refractivity contribution in [2.45, 2.75) is 13.5 Å². The summed E-state index contributed by atoms with van der Waals surface area (Å²) in [5.74, 6) is -4.20. The molecule has 4 aromatic rings. The standard InChI is InChI=1S/C20H14ClF2N5O3/c1-2-28-17-15(26-19(28)25-14-6-4-3-5-11(14)21)9-24-20(27-17)31-16-12(22)7-10(18(29)30)8-13(16)23/h3-9H,2H2,1H3,(H,25,26)(H,29,30). The molecule has 0 fully saturated rings. The molecule has 11 heteroatoms. The second kappa shape index (κ2) is 8.15. The van der Waals surface area contributed by atoms with Gasteiger partial charge in [-0.3, -0.25) is 4.57 Å². The van der Waals surface area contributed by atoms with E-state index in [0.29, 0.717) is 46.5 Å². The highest BCUT2D eigenvalue weighted by Gasteiger charge is 2.19. The number of halogens is 3. The van der Waals surface area contributed by atoms with Crippen molar-refractivity contribution in [2.24, 2.45) is 0 Å². The van der Waals surface area contributed by atoms with Crippen molar-refractivity contribution >= 4 is 40.4 Å². The monoisotopic (exact) mass is 445 g/mol. The third-order valence-electron chi connectivity index (χ3n) is 4.34. The fraction of sp³-hybridized carbons (Fsp3) is 0.100. The minimum Gasteiger partial charge on any atom is -0.478 e. The first-order chi connectivity index (χ1) is 14.9. The maximum atomic E-state index is 14.2. The maximum absolute atomic E-state index is 14.2. The number of aromatic nitrogens is 4. The van der Waals surface area contributed by atoms with Crippen LogP contribution in [0.4, 0.5) is 20.4 Å². The van der Waals surface area contributed by atoms with Crippen LogP contribution in [0.3, 0.4) is 0 Å². The van der Waals surface area contributed by atoms with E-state index >= 15 is 0 Å². The van der Waals surface area contributed by atoms with Gasteiger partial charge < -0.3 is 15.2 Å². The number of rotatable bonds is 6. The minimum atomic E-state index is -1.47. The third-order valence-corrected chi connectivity index (χ3v) is 4.67. The number of nitrogens with zero attached hydrogens (tertiary/aromatic N) is 4. The number of anilines is 2. The van der Waals surface area contributed by atoms with E-state index in [9.17, 15) is 13.6 Å². The molecule has 0 spiro atoms. The average Bonchev–Trinajstić information content (AvgIpc) is 3.08. The highest BCUT2D eigenvalue weighted by molar-refractivity contribution is 6.33. The summed E-state index contributed by atoms with van der Waals surface area (Å²) < 4.78 is 35.3. The summed E-state index contributed by atoms with van der Waals surface area (Å²) in [6.45, 7) is 2.33. The van der Waals surface area contributed by atoms with Crippen molar-refractivity contribution in [3.8, 4) is 11.8 Å². The summed E-state index contributed by atoms with van der Waals surface area (Å²) in [6, 6.07) is 8.11. The van der Waals surface area contributed by atoms with Gasteiger partial charge in [-0.15, -0.1) is 0 Å². The highest BCUT2D eigenvalue weighted by atomic mass is 35.5. The van der Waals surface area contributed by atoms with Gasteiger partial charge in [0.2, 0.25) is 11.7 Å². The molecule has 0 aliphatic carbocycles. The fourth-order valence-electron chi connectivity index (χ4n) is 2.90. The Morgan fingerprint density at radius 1 is 1.23 bits per heavy atom. The second-order valence-electron chi connectivity index (χ2n) is 6.32. The van der Waals surface area contributed by atoms with Crippen molar-refractivity contribution in [1.29, 1.82) is 0 Å². The number of para-hydroxylation sites is 1. The first kappa shape index (κ1) is 20.5. The molecule has 0 aliphatic heterocycles. The molecular formula is C20H14ClF2N5O3. The molecule has 0 unspecified atom stereocenters. The lowest BCUT2D eigenvalue weighted by atomic mass is 10.2. The Morgan fingerprint density at radius 3 is 2.58 bits per heavy atom. The van der Waals surface area contributed by atoms with Crippen LogP contribution >= 0.6 is 11.6 Å². The zero-order valence-electron chi connectivity index (χ0n) is 15.9. The zero-order valence-corrected chi connectivity index (χ0v) is 16.7. The van der Waals surface area contributed by atoms with Gasteiger partial charge in [-0.1, -0.05) is 23.7 Å². The van der Waals surface area contributed by atoms with Crippen LogP contribution in [0.5, 0.6) is 11.8 Å². The third kappa shape index (κ3) is 3.97. The highest BCUT2D eigenvalue weighted by Crippen LogP contribution is 2.30. The molecule has 0 saturated heterocycles. The number of benzene rings is 2. The number of nitrogens with one attached hydrogen (secondary N) is 1. The lowest BCUT2D eigenvalue weighted by Gasteiger charge is -2.10. The zero-order chi connectivity index (χ0) is 22.1. The van der Waals surface area contributed by atoms with Gasteiger partial charge in [0, 0.05) is 6.54 Å². The molecule has 2 aromatic heterocycles. The Bertz CT molecular complexity index is 1290. The molecule has 158 valence electrons. The summed E-state index contributed by atoms with van der Waals surface area (Å²) in [7, 11) is 0. The molecule has 0 aliphatic rings. The molecule has 0 atom stereocenters. The Morgan fingerprint density at radius 2 is 1.94 bits per heavy atom. The lowest BCUT2D eigenvalue weighted by molar-refractivity contribution is 0.0695. The van der Waals surface area contributed by atoms with Crippen LogP contribution in [0.2, 0.25) is 5.02 Å². The molecule has 0 radical (unpaired) electrons. The van der Waals surface area contributed by atoms with E-state index in [1.165, 1.54) is 6.20 Å². The van der Waals surface area contributed by atoms with Crippen molar-refractivity contribution in [3.63, 3.8) is 0 Å². The number of aromatic carboxylic acids is 1. The number of hydrogen-bond acceptors (Lipinski definition) is 6. The van der Waals surface area contributed by atoms with Crippen molar-refractivity contribution in [3.05, 3.63) is 64.8 Å². The quantitative estimate of drug-likeness (QED) is 0.430. The molecule has 0 saturated carbocycles. The van der Waals surface area contributed by atoms with Crippen LogP contribution in [0.1, 0.15) is 17.3 Å². The smallest absolute Gasteiger partial charge is 0.335 e. The van der Waals surface area contributed by atoms with Crippen molar-refractivity contribution < 1.29 is 23.4 Å². The number of carboxylic acids is 1. The van der Waals surface area contributed by atoms with Crippen LogP contribution in [0.25, 0.3) is 11.2 Å². The van der Waals surface area contributed by atoms with Crippen molar-refractivity contribution in [1.82, 2.24) is 19.5 Å². The summed E-state index contributed by atoms with van der Waals surface area (Å²) in [6.07, 6.45) is 1.35. The summed E-state index contributed by atoms with van der Waals surface area (Å²) in [5.41, 5.74) is 0.885. The van der Waals surface area contributed by atoms with Gasteiger partial charge >= 0.3 is 12.0 Å². The normalized spacial score (nSPS) is 11.0. The van der Waals surface area contributed by atoms with Crippen LogP contribution in [0, 0.1) is 11.6 Å². The van der Waals surface area contributed by atoms with Gasteiger partial charge in [-0.25, -0.2) is 23.5 Å². The Labute approximate surface area is 179 Å². The van der Waals surface area contributed by atoms with E-state index in [-0.39, 0.29) is 6.01 Å². The molecule has 4 rings (SSSR count). The van der Waals surface area contributed by atoms with Crippen molar-refractivity contribution in [2.75, 3.05) is 5.32 Å². The number of imidazole rings is 1. The number of fused-ring (bicyclic) bond motifs is 1. The Hall–Kier alpha value is -3.79. The molecular weight excluding hydrogens is 432 g/mol. The van der Waals surface area contributed by atoms with Gasteiger partial charge in [0.1, 0.15) is 5.52 Å². The van der Waals surface area contributed by atoms with E-state index in [0.717, 1.165) is 0 Å². The second-order valence-corrected chi connectivity index (χ2v) is 6.73. The van der Waals surface area contributed by atoms with Gasteiger partial charge in [0.05, 0.1) is 22.5 Å². The number of ether oxygens (including phenoxy) is 1. The first-order valence-corrected chi connectivity index (χ1v) is 9.40. The Kier molecular flexibility index (Phi) is 5.38. The van der Waals surface area contributed by atoms with E-state index < -0.39 is 28.9 Å². The minimum absolute atomic E-state index is 0.327.